The molecule has 0 spiro atoms. The number of hydrogen-bond donors (Lipinski definition) is 1. The van der Waals surface area contributed by atoms with Crippen LogP contribution in [0.4, 0.5) is 14.6 Å². The Balaban J connectivity index is 1.62. The first kappa shape index (κ1) is 19.6. The minimum atomic E-state index is -4.06. The summed E-state index contributed by atoms with van der Waals surface area (Å²) in [6.07, 6.45) is 1.73. The highest BCUT2D eigenvalue weighted by Crippen LogP contribution is 2.47. The fraction of sp³-hybridized carbons (Fsp3) is 0.444. The van der Waals surface area contributed by atoms with Crippen LogP contribution >= 0.6 is 0 Å². The normalized spacial score (nSPS) is 16.1. The Bertz CT molecular complexity index is 1110. The van der Waals surface area contributed by atoms with Crippen molar-refractivity contribution in [3.63, 3.8) is 0 Å². The average Bonchev–Trinajstić information content (AvgIpc) is 3.27. The molecule has 0 amide bonds. The van der Waals surface area contributed by atoms with Gasteiger partial charge in [-0.25, -0.2) is 17.2 Å². The van der Waals surface area contributed by atoms with E-state index in [2.05, 4.69) is 15.0 Å². The van der Waals surface area contributed by atoms with E-state index in [4.69, 9.17) is 9.26 Å². The number of sulfonamides is 1. The summed E-state index contributed by atoms with van der Waals surface area (Å²) in [5.41, 5.74) is -0.363. The van der Waals surface area contributed by atoms with Crippen molar-refractivity contribution in [1.29, 1.82) is 0 Å². The number of rotatable bonds is 8. The van der Waals surface area contributed by atoms with E-state index in [-0.39, 0.29) is 18.7 Å². The average molecular weight is 426 g/mol. The van der Waals surface area contributed by atoms with Crippen molar-refractivity contribution >= 4 is 26.8 Å². The van der Waals surface area contributed by atoms with Crippen LogP contribution < -0.4 is 9.46 Å². The number of alkyl halides is 2. The first-order valence-electron chi connectivity index (χ1n) is 9.04. The van der Waals surface area contributed by atoms with Gasteiger partial charge in [-0.2, -0.15) is 5.10 Å². The molecule has 1 saturated carbocycles. The van der Waals surface area contributed by atoms with Gasteiger partial charge in [-0.1, -0.05) is 11.6 Å². The van der Waals surface area contributed by atoms with E-state index in [1.54, 1.807) is 35.3 Å². The number of nitrogens with one attached hydrogen (secondary N) is 1. The van der Waals surface area contributed by atoms with E-state index < -0.39 is 27.6 Å². The number of ether oxygens (including phenoxy) is 1. The molecule has 0 aliphatic heterocycles. The van der Waals surface area contributed by atoms with Gasteiger partial charge in [0.1, 0.15) is 11.1 Å². The van der Waals surface area contributed by atoms with E-state index >= 15 is 0 Å². The molecule has 3 aromatic rings. The molecule has 1 N–H and O–H groups in total. The highest BCUT2D eigenvalue weighted by atomic mass is 32.2. The predicted molar refractivity (Wildman–Crippen MR) is 102 cm³/mol. The Kier molecular flexibility index (Phi) is 4.93. The van der Waals surface area contributed by atoms with Gasteiger partial charge in [0.05, 0.1) is 19.4 Å². The lowest BCUT2D eigenvalue weighted by Crippen LogP contribution is -2.44. The lowest BCUT2D eigenvalue weighted by molar-refractivity contribution is -0.0432. The predicted octanol–water partition coefficient (Wildman–Crippen LogP) is 3.26. The van der Waals surface area contributed by atoms with Crippen molar-refractivity contribution in [3.8, 4) is 5.75 Å². The molecule has 4 rings (SSSR count). The van der Waals surface area contributed by atoms with E-state index in [1.807, 2.05) is 0 Å². The Labute approximate surface area is 165 Å². The third-order valence-electron chi connectivity index (χ3n) is 5.26. The summed E-state index contributed by atoms with van der Waals surface area (Å²) in [4.78, 5) is 0. The summed E-state index contributed by atoms with van der Waals surface area (Å²) in [5, 5.41) is 8.26. The molecule has 0 radical (unpaired) electrons. The van der Waals surface area contributed by atoms with Crippen molar-refractivity contribution in [2.75, 3.05) is 17.6 Å². The van der Waals surface area contributed by atoms with Crippen LogP contribution in [0, 0.1) is 5.41 Å². The molecule has 2 heterocycles. The number of halogens is 2. The van der Waals surface area contributed by atoms with Crippen LogP contribution in [0.25, 0.3) is 11.0 Å². The van der Waals surface area contributed by atoms with Crippen molar-refractivity contribution in [2.24, 2.45) is 5.41 Å². The van der Waals surface area contributed by atoms with E-state index in [0.29, 0.717) is 29.7 Å². The fourth-order valence-electron chi connectivity index (χ4n) is 3.61. The van der Waals surface area contributed by atoms with Gasteiger partial charge in [-0.15, -0.1) is 0 Å². The summed E-state index contributed by atoms with van der Waals surface area (Å²) >= 11 is 0. The van der Waals surface area contributed by atoms with Gasteiger partial charge in [0.15, 0.2) is 11.4 Å². The van der Waals surface area contributed by atoms with Crippen molar-refractivity contribution in [2.45, 2.75) is 32.2 Å². The molecule has 0 bridgehead atoms. The van der Waals surface area contributed by atoms with Crippen molar-refractivity contribution in [1.82, 2.24) is 14.9 Å². The minimum absolute atomic E-state index is 0.0776. The molecule has 1 aliphatic carbocycles. The Morgan fingerprint density at radius 1 is 1.38 bits per heavy atom. The minimum Gasteiger partial charge on any atom is -0.496 e. The highest BCUT2D eigenvalue weighted by Gasteiger charge is 2.48. The number of fused-ring (bicyclic) bond motifs is 1. The van der Waals surface area contributed by atoms with Crippen LogP contribution in [0.1, 0.15) is 24.8 Å². The number of benzene rings is 1. The number of aromatic nitrogens is 3. The molecule has 29 heavy (non-hydrogen) atoms. The maximum absolute atomic E-state index is 13.4. The molecule has 1 fully saturated rings. The van der Waals surface area contributed by atoms with Gasteiger partial charge in [-0.05, 0) is 36.6 Å². The molecule has 11 heteroatoms. The topological polar surface area (TPSA) is 99.2 Å². The lowest BCUT2D eigenvalue weighted by Gasteiger charge is -2.40. The number of hydrogen-bond acceptors (Lipinski definition) is 6. The van der Waals surface area contributed by atoms with Crippen LogP contribution in [0.3, 0.4) is 0 Å². The summed E-state index contributed by atoms with van der Waals surface area (Å²) in [7, 11) is -2.62. The Morgan fingerprint density at radius 3 is 2.76 bits per heavy atom. The smallest absolute Gasteiger partial charge is 0.245 e. The largest absolute Gasteiger partial charge is 0.496 e. The molecular weight excluding hydrogens is 406 g/mol. The summed E-state index contributed by atoms with van der Waals surface area (Å²) in [6.45, 7) is 0.456. The monoisotopic (exact) mass is 426 g/mol. The van der Waals surface area contributed by atoms with Gasteiger partial charge in [0.2, 0.25) is 16.4 Å². The number of anilines is 1. The first-order valence-corrected chi connectivity index (χ1v) is 10.7. The van der Waals surface area contributed by atoms with Gasteiger partial charge >= 0.3 is 0 Å². The van der Waals surface area contributed by atoms with Gasteiger partial charge < -0.3 is 9.26 Å². The quantitative estimate of drug-likeness (QED) is 0.594. The lowest BCUT2D eigenvalue weighted by atomic mass is 9.70. The second kappa shape index (κ2) is 7.29. The molecule has 0 unspecified atom stereocenters. The zero-order valence-corrected chi connectivity index (χ0v) is 16.5. The molecule has 0 saturated heterocycles. The number of methoxy groups -OCH3 is 1. The highest BCUT2D eigenvalue weighted by molar-refractivity contribution is 7.92. The summed E-state index contributed by atoms with van der Waals surface area (Å²) in [5.74, 6) is -0.381. The van der Waals surface area contributed by atoms with E-state index in [0.717, 1.165) is 5.56 Å². The molecule has 8 nitrogen and oxygen atoms in total. The molecule has 1 aromatic carbocycles. The summed E-state index contributed by atoms with van der Waals surface area (Å²) in [6, 6.07) is 5.23. The zero-order chi connectivity index (χ0) is 20.6. The van der Waals surface area contributed by atoms with Crippen LogP contribution in [-0.4, -0.2) is 42.6 Å². The maximum atomic E-state index is 13.4. The van der Waals surface area contributed by atoms with E-state index in [1.165, 1.54) is 7.11 Å². The van der Waals surface area contributed by atoms with Crippen molar-refractivity contribution in [3.05, 3.63) is 36.2 Å². The van der Waals surface area contributed by atoms with Crippen LogP contribution in [0.15, 0.2) is 35.1 Å². The molecule has 1 aliphatic rings. The van der Waals surface area contributed by atoms with Gasteiger partial charge in [0, 0.05) is 17.8 Å². The van der Waals surface area contributed by atoms with Crippen LogP contribution in [0.5, 0.6) is 5.75 Å². The third-order valence-corrected chi connectivity index (χ3v) is 6.72. The summed E-state index contributed by atoms with van der Waals surface area (Å²) < 4.78 is 66.5. The zero-order valence-electron chi connectivity index (χ0n) is 15.6. The van der Waals surface area contributed by atoms with Crippen LogP contribution in [-0.2, 0) is 16.6 Å². The Hall–Kier alpha value is -2.69. The first-order chi connectivity index (χ1) is 13.8. The second-order valence-corrected chi connectivity index (χ2v) is 9.01. The molecule has 156 valence electrons. The molecule has 0 atom stereocenters. The standard InChI is InChI=1S/C18H20F2N4O4S/c1-27-13-8-12(10-24-7-3-6-21-24)9-14-15(13)16(22-28-14)23-29(25,26)11-18(17(19)20)4-2-5-18/h3,6-9,17H,2,4-5,10-11H2,1H3,(H,22,23). The maximum Gasteiger partial charge on any atom is 0.245 e. The Morgan fingerprint density at radius 2 is 2.17 bits per heavy atom. The van der Waals surface area contributed by atoms with Crippen LogP contribution in [0.2, 0.25) is 0 Å². The van der Waals surface area contributed by atoms with Crippen molar-refractivity contribution < 1.29 is 26.5 Å². The van der Waals surface area contributed by atoms with Gasteiger partial charge in [0.25, 0.3) is 0 Å². The van der Waals surface area contributed by atoms with Gasteiger partial charge in [-0.3, -0.25) is 9.40 Å². The molecular formula is C18H20F2N4O4S. The SMILES string of the molecule is COc1cc(Cn2cccn2)cc2onc(NS(=O)(=O)CC3(C(F)F)CCC3)c12. The molecule has 2 aromatic heterocycles. The second-order valence-electron chi connectivity index (χ2n) is 7.28. The number of nitrogens with zero attached hydrogens (tertiary/aromatic N) is 3. The third kappa shape index (κ3) is 3.78. The van der Waals surface area contributed by atoms with E-state index in [9.17, 15) is 17.2 Å². The fourth-order valence-corrected chi connectivity index (χ4v) is 5.29.